The van der Waals surface area contributed by atoms with Crippen LogP contribution in [0.2, 0.25) is 0 Å². The average Bonchev–Trinajstić information content (AvgIpc) is 3.23. The van der Waals surface area contributed by atoms with Crippen molar-refractivity contribution in [3.05, 3.63) is 81.8 Å². The largest absolute Gasteiger partial charge is 0.468 e. The third kappa shape index (κ3) is 5.68. The van der Waals surface area contributed by atoms with Crippen molar-refractivity contribution in [2.24, 2.45) is 0 Å². The van der Waals surface area contributed by atoms with Crippen LogP contribution in [0.4, 0.5) is 5.82 Å². The van der Waals surface area contributed by atoms with Gasteiger partial charge in [-0.05, 0) is 53.8 Å². The number of ether oxygens (including phenoxy) is 3. The van der Waals surface area contributed by atoms with Crippen LogP contribution in [0, 0.1) is 0 Å². The Morgan fingerprint density at radius 3 is 2.84 bits per heavy atom. The third-order valence-electron chi connectivity index (χ3n) is 6.09. The fourth-order valence-corrected chi connectivity index (χ4v) is 4.14. The molecule has 0 fully saturated rings. The predicted octanol–water partition coefficient (Wildman–Crippen LogP) is 2.69. The number of hydrogen-bond acceptors (Lipinski definition) is 9. The Morgan fingerprint density at radius 2 is 2.03 bits per heavy atom. The number of fused-ring (bicyclic) bond motifs is 3. The lowest BCUT2D eigenvalue weighted by Gasteiger charge is -2.14. The van der Waals surface area contributed by atoms with E-state index in [1.165, 1.54) is 11.7 Å². The molecule has 2 aromatic carbocycles. The Labute approximate surface area is 218 Å². The molecule has 0 radical (unpaired) electrons. The number of carbonyl (C=O) groups excluding carboxylic acids is 1. The van der Waals surface area contributed by atoms with E-state index in [0.717, 1.165) is 22.4 Å². The van der Waals surface area contributed by atoms with Crippen LogP contribution in [0.25, 0.3) is 11.2 Å². The molecule has 2 aromatic heterocycles. The smallest absolute Gasteiger partial charge is 0.328 e. The Bertz CT molecular complexity index is 1540. The second-order valence-corrected chi connectivity index (χ2v) is 8.79. The van der Waals surface area contributed by atoms with Crippen molar-refractivity contribution in [2.45, 2.75) is 25.9 Å². The summed E-state index contributed by atoms with van der Waals surface area (Å²) in [6.45, 7) is 1.35. The number of nitrogens with one attached hydrogen (secondary N) is 2. The summed E-state index contributed by atoms with van der Waals surface area (Å²) in [4.78, 5) is 35.3. The Kier molecular flexibility index (Phi) is 7.36. The summed E-state index contributed by atoms with van der Waals surface area (Å²) < 4.78 is 18.1. The molecular formula is C27H28N6O5. The molecule has 196 valence electrons. The highest BCUT2D eigenvalue weighted by Gasteiger charge is 2.16. The highest BCUT2D eigenvalue weighted by atomic mass is 16.5. The zero-order valence-electron chi connectivity index (χ0n) is 20.9. The summed E-state index contributed by atoms with van der Waals surface area (Å²) in [5, 5.41) is 3.04. The molecule has 4 aromatic rings. The van der Waals surface area contributed by atoms with Crippen LogP contribution in [0.3, 0.4) is 0 Å². The number of benzene rings is 2. The number of carbonyl (C=O) groups is 1. The highest BCUT2D eigenvalue weighted by molar-refractivity contribution is 5.82. The quantitative estimate of drug-likeness (QED) is 0.260. The van der Waals surface area contributed by atoms with E-state index in [1.807, 2.05) is 48.5 Å². The number of aromatic nitrogens is 4. The first-order valence-electron chi connectivity index (χ1n) is 12.2. The maximum Gasteiger partial charge on any atom is 0.328 e. The molecule has 38 heavy (non-hydrogen) atoms. The van der Waals surface area contributed by atoms with Gasteiger partial charge in [-0.1, -0.05) is 30.4 Å². The first-order chi connectivity index (χ1) is 18.5. The van der Waals surface area contributed by atoms with Gasteiger partial charge in [-0.2, -0.15) is 9.97 Å². The number of aromatic amines is 1. The molecule has 1 aliphatic heterocycles. The van der Waals surface area contributed by atoms with E-state index in [2.05, 4.69) is 31.1 Å². The molecule has 0 saturated heterocycles. The molecule has 4 bridgehead atoms. The number of H-pyrrole nitrogens is 1. The van der Waals surface area contributed by atoms with Crippen molar-refractivity contribution < 1.29 is 19.0 Å². The molecule has 11 nitrogen and oxygen atoms in total. The summed E-state index contributed by atoms with van der Waals surface area (Å²) in [5.74, 6) is 1.27. The van der Waals surface area contributed by atoms with Crippen LogP contribution in [0.1, 0.15) is 23.1 Å². The predicted molar refractivity (Wildman–Crippen MR) is 141 cm³/mol. The van der Waals surface area contributed by atoms with Crippen molar-refractivity contribution in [2.75, 3.05) is 26.0 Å². The number of methoxy groups -OCH3 is 1. The van der Waals surface area contributed by atoms with Gasteiger partial charge in [-0.15, -0.1) is 0 Å². The maximum atomic E-state index is 12.7. The van der Waals surface area contributed by atoms with E-state index >= 15 is 0 Å². The summed E-state index contributed by atoms with van der Waals surface area (Å²) in [6.07, 6.45) is 5.39. The van der Waals surface area contributed by atoms with Crippen molar-refractivity contribution in [3.63, 3.8) is 0 Å². The van der Waals surface area contributed by atoms with Crippen LogP contribution in [0.5, 0.6) is 17.5 Å². The Hall–Kier alpha value is -4.64. The van der Waals surface area contributed by atoms with Crippen LogP contribution < -0.4 is 26.2 Å². The van der Waals surface area contributed by atoms with E-state index < -0.39 is 0 Å². The van der Waals surface area contributed by atoms with E-state index in [-0.39, 0.29) is 30.0 Å². The second-order valence-electron chi connectivity index (χ2n) is 8.79. The van der Waals surface area contributed by atoms with E-state index in [4.69, 9.17) is 15.2 Å². The molecule has 0 unspecified atom stereocenters. The van der Waals surface area contributed by atoms with Crippen molar-refractivity contribution in [3.8, 4) is 17.5 Å². The number of hydrogen-bond donors (Lipinski definition) is 3. The van der Waals surface area contributed by atoms with Crippen molar-refractivity contribution in [1.29, 1.82) is 0 Å². The minimum atomic E-state index is -0.326. The molecule has 11 heteroatoms. The van der Waals surface area contributed by atoms with Crippen LogP contribution in [0.15, 0.2) is 59.4 Å². The minimum Gasteiger partial charge on any atom is -0.468 e. The number of anilines is 1. The van der Waals surface area contributed by atoms with Crippen LogP contribution >= 0.6 is 0 Å². The lowest BCUT2D eigenvalue weighted by Crippen LogP contribution is -2.23. The monoisotopic (exact) mass is 516 g/mol. The zero-order valence-corrected chi connectivity index (χ0v) is 20.9. The molecule has 1 aliphatic rings. The average molecular weight is 517 g/mol. The first-order valence-corrected chi connectivity index (χ1v) is 12.2. The molecule has 5 rings (SSSR count). The lowest BCUT2D eigenvalue weighted by molar-refractivity contribution is -0.139. The number of allylic oxidation sites excluding steroid dienone is 1. The fourth-order valence-electron chi connectivity index (χ4n) is 4.14. The van der Waals surface area contributed by atoms with Gasteiger partial charge >= 0.3 is 17.7 Å². The number of nitrogens with zero attached hydrogens (tertiary/aromatic N) is 3. The van der Waals surface area contributed by atoms with Crippen LogP contribution in [-0.2, 0) is 29.0 Å². The number of imidazole rings is 1. The van der Waals surface area contributed by atoms with Gasteiger partial charge in [0.25, 0.3) is 0 Å². The standard InChI is InChI=1S/C27H28N6O5/c1-36-22(34)15-29-14-17-6-9-20(10-7-17)38-21-11-8-18-13-19(21)5-3-2-4-12-37-26-31-24(28)23-25(32-26)33(16-18)27(35)30-23/h2-3,6-11,13,29H,4-5,12,14-16H2,1H3,(H,30,35)(H2,28,31,32)/b3-2+. The number of esters is 1. The maximum absolute atomic E-state index is 12.7. The molecule has 4 N–H and O–H groups in total. The highest BCUT2D eigenvalue weighted by Crippen LogP contribution is 2.28. The molecular weight excluding hydrogens is 488 g/mol. The van der Waals surface area contributed by atoms with E-state index in [9.17, 15) is 9.59 Å². The Morgan fingerprint density at radius 1 is 1.18 bits per heavy atom. The molecule has 0 amide bonds. The number of rotatable bonds is 6. The minimum absolute atomic E-state index is 0.142. The molecule has 0 atom stereocenters. The summed E-state index contributed by atoms with van der Waals surface area (Å²) in [7, 11) is 1.36. The van der Waals surface area contributed by atoms with Gasteiger partial charge < -0.3 is 30.2 Å². The van der Waals surface area contributed by atoms with Gasteiger partial charge in [0.05, 0.1) is 26.8 Å². The molecule has 0 saturated carbocycles. The van der Waals surface area contributed by atoms with Crippen LogP contribution in [-0.4, -0.2) is 45.7 Å². The SMILES string of the molecule is COC(=O)CNCc1ccc(Oc2ccc3cc2C/C=C/CCOc2nc(N)c4[nH]c(=O)n(c4n2)C3)cc1. The van der Waals surface area contributed by atoms with Gasteiger partial charge in [-0.25, -0.2) is 4.79 Å². The number of nitrogen functional groups attached to an aromatic ring is 1. The first kappa shape index (κ1) is 25.0. The molecule has 0 spiro atoms. The second kappa shape index (κ2) is 11.2. The topological polar surface area (TPSA) is 146 Å². The zero-order chi connectivity index (χ0) is 26.5. The lowest BCUT2D eigenvalue weighted by atomic mass is 10.1. The normalized spacial score (nSPS) is 14.0. The van der Waals surface area contributed by atoms with Gasteiger partial charge in [-0.3, -0.25) is 9.36 Å². The van der Waals surface area contributed by atoms with Gasteiger partial charge in [0.1, 0.15) is 17.0 Å². The van der Waals surface area contributed by atoms with Gasteiger partial charge in [0.15, 0.2) is 11.5 Å². The summed E-state index contributed by atoms with van der Waals surface area (Å²) >= 11 is 0. The van der Waals surface area contributed by atoms with Crippen molar-refractivity contribution in [1.82, 2.24) is 24.8 Å². The van der Waals surface area contributed by atoms with Gasteiger partial charge in [0.2, 0.25) is 0 Å². The summed E-state index contributed by atoms with van der Waals surface area (Å²) in [6, 6.07) is 13.7. The third-order valence-corrected chi connectivity index (χ3v) is 6.09. The Balaban J connectivity index is 1.39. The van der Waals surface area contributed by atoms with E-state index in [0.29, 0.717) is 49.5 Å². The van der Waals surface area contributed by atoms with Crippen molar-refractivity contribution >= 4 is 23.0 Å². The summed E-state index contributed by atoms with van der Waals surface area (Å²) in [5.41, 5.74) is 9.41. The van der Waals surface area contributed by atoms with Gasteiger partial charge in [0, 0.05) is 6.54 Å². The van der Waals surface area contributed by atoms with E-state index in [1.54, 1.807) is 0 Å². The number of nitrogens with two attached hydrogens (primary N) is 1. The molecule has 0 aliphatic carbocycles. The molecule has 3 heterocycles. The fraction of sp³-hybridized carbons (Fsp3) is 0.259.